The zero-order chi connectivity index (χ0) is 10.8. The fourth-order valence-electron chi connectivity index (χ4n) is 1.57. The Balaban J connectivity index is 2.09. The van der Waals surface area contributed by atoms with Gasteiger partial charge in [-0.2, -0.15) is 13.2 Å². The summed E-state index contributed by atoms with van der Waals surface area (Å²) in [4.78, 5) is 11.4. The van der Waals surface area contributed by atoms with Crippen LogP contribution in [0.2, 0.25) is 0 Å². The third kappa shape index (κ3) is 3.95. The van der Waals surface area contributed by atoms with Gasteiger partial charge in [-0.05, 0) is 12.3 Å². The number of halogens is 3. The van der Waals surface area contributed by atoms with E-state index in [1.807, 2.05) is 0 Å². The van der Waals surface area contributed by atoms with E-state index in [9.17, 15) is 18.0 Å². The predicted octanol–water partition coefficient (Wildman–Crippen LogP) is 1.35. The molecule has 0 spiro atoms. The lowest BCUT2D eigenvalue weighted by molar-refractivity contribution is -0.159. The minimum Gasteiger partial charge on any atom is -0.481 e. The summed E-state index contributed by atoms with van der Waals surface area (Å²) in [6, 6.07) is 0. The quantitative estimate of drug-likeness (QED) is 0.763. The van der Waals surface area contributed by atoms with Crippen LogP contribution in [0.4, 0.5) is 13.2 Å². The van der Waals surface area contributed by atoms with Crippen LogP contribution < -0.4 is 0 Å². The summed E-state index contributed by atoms with van der Waals surface area (Å²) in [6.45, 7) is -0.143. The highest BCUT2D eigenvalue weighted by Gasteiger charge is 2.36. The minimum atomic E-state index is -4.14. The van der Waals surface area contributed by atoms with Gasteiger partial charge in [0.05, 0.1) is 6.54 Å². The van der Waals surface area contributed by atoms with E-state index in [2.05, 4.69) is 0 Å². The third-order valence-electron chi connectivity index (χ3n) is 2.20. The molecule has 0 saturated carbocycles. The average Bonchev–Trinajstić information content (AvgIpc) is 1.90. The lowest BCUT2D eigenvalue weighted by atomic mass is 9.95. The standard InChI is InChI=1S/C8H12F3NO2/c9-8(10,11)5-12-3-6(4-12)1-2-7(13)14/h6H,1-5H2,(H,13,14). The third-order valence-corrected chi connectivity index (χ3v) is 2.20. The summed E-state index contributed by atoms with van der Waals surface area (Å²) >= 11 is 0. The van der Waals surface area contributed by atoms with E-state index in [0.29, 0.717) is 19.5 Å². The molecule has 3 nitrogen and oxygen atoms in total. The van der Waals surface area contributed by atoms with Gasteiger partial charge in [-0.15, -0.1) is 0 Å². The molecule has 1 heterocycles. The number of aliphatic carboxylic acids is 1. The van der Waals surface area contributed by atoms with Crippen molar-refractivity contribution in [3.63, 3.8) is 0 Å². The number of hydrogen-bond donors (Lipinski definition) is 1. The SMILES string of the molecule is O=C(O)CCC1CN(CC(F)(F)F)C1. The number of nitrogens with zero attached hydrogens (tertiary/aromatic N) is 1. The van der Waals surface area contributed by atoms with Crippen LogP contribution in [-0.4, -0.2) is 41.8 Å². The van der Waals surface area contributed by atoms with Crippen molar-refractivity contribution in [2.24, 2.45) is 5.92 Å². The molecule has 1 saturated heterocycles. The van der Waals surface area contributed by atoms with E-state index in [-0.39, 0.29) is 12.3 Å². The first kappa shape index (κ1) is 11.3. The van der Waals surface area contributed by atoms with Crippen molar-refractivity contribution < 1.29 is 23.1 Å². The second-order valence-electron chi connectivity index (χ2n) is 3.61. The van der Waals surface area contributed by atoms with Gasteiger partial charge in [-0.25, -0.2) is 0 Å². The number of rotatable bonds is 4. The molecular weight excluding hydrogens is 199 g/mol. The van der Waals surface area contributed by atoms with Crippen molar-refractivity contribution in [1.29, 1.82) is 0 Å². The monoisotopic (exact) mass is 211 g/mol. The van der Waals surface area contributed by atoms with Crippen LogP contribution in [0, 0.1) is 5.92 Å². The minimum absolute atomic E-state index is 0.0462. The molecule has 1 aliphatic rings. The zero-order valence-corrected chi connectivity index (χ0v) is 7.55. The van der Waals surface area contributed by atoms with Crippen LogP contribution in [0.3, 0.4) is 0 Å². The van der Waals surface area contributed by atoms with Crippen LogP contribution in [0.5, 0.6) is 0 Å². The van der Waals surface area contributed by atoms with Gasteiger partial charge in [-0.1, -0.05) is 0 Å². The van der Waals surface area contributed by atoms with Crippen molar-refractivity contribution >= 4 is 5.97 Å². The van der Waals surface area contributed by atoms with Crippen LogP contribution in [0.25, 0.3) is 0 Å². The number of carboxylic acid groups (broad SMARTS) is 1. The fraction of sp³-hybridized carbons (Fsp3) is 0.875. The van der Waals surface area contributed by atoms with Crippen molar-refractivity contribution in [1.82, 2.24) is 4.90 Å². The van der Waals surface area contributed by atoms with E-state index in [0.717, 1.165) is 0 Å². The van der Waals surface area contributed by atoms with Crippen molar-refractivity contribution in [3.8, 4) is 0 Å². The second-order valence-corrected chi connectivity index (χ2v) is 3.61. The second kappa shape index (κ2) is 4.16. The summed E-state index contributed by atoms with van der Waals surface area (Å²) in [5, 5.41) is 8.34. The maximum absolute atomic E-state index is 11.8. The lowest BCUT2D eigenvalue weighted by Gasteiger charge is -2.39. The Morgan fingerprint density at radius 3 is 2.43 bits per heavy atom. The van der Waals surface area contributed by atoms with Crippen molar-refractivity contribution in [2.45, 2.75) is 19.0 Å². The smallest absolute Gasteiger partial charge is 0.401 e. The van der Waals surface area contributed by atoms with Gasteiger partial charge in [-0.3, -0.25) is 9.69 Å². The summed E-state index contributed by atoms with van der Waals surface area (Å²) in [5.41, 5.74) is 0. The van der Waals surface area contributed by atoms with Gasteiger partial charge >= 0.3 is 12.1 Å². The van der Waals surface area contributed by atoms with E-state index in [4.69, 9.17) is 5.11 Å². The topological polar surface area (TPSA) is 40.5 Å². The summed E-state index contributed by atoms with van der Waals surface area (Å²) in [5.74, 6) is -0.771. The molecule has 0 amide bonds. The van der Waals surface area contributed by atoms with Crippen LogP contribution in [0.1, 0.15) is 12.8 Å². The van der Waals surface area contributed by atoms with Crippen LogP contribution in [0.15, 0.2) is 0 Å². The molecule has 14 heavy (non-hydrogen) atoms. The van der Waals surface area contributed by atoms with Gasteiger partial charge in [0.1, 0.15) is 0 Å². The summed E-state index contributed by atoms with van der Waals surface area (Å²) in [7, 11) is 0. The van der Waals surface area contributed by atoms with Gasteiger partial charge < -0.3 is 5.11 Å². The number of carbonyl (C=O) groups is 1. The molecular formula is C8H12F3NO2. The Morgan fingerprint density at radius 2 is 2.00 bits per heavy atom. The first-order chi connectivity index (χ1) is 6.37. The van der Waals surface area contributed by atoms with Gasteiger partial charge in [0.25, 0.3) is 0 Å². The Labute approximate surface area is 79.5 Å². The van der Waals surface area contributed by atoms with E-state index in [1.165, 1.54) is 4.90 Å². The molecule has 1 fully saturated rings. The highest BCUT2D eigenvalue weighted by molar-refractivity contribution is 5.66. The molecule has 0 atom stereocenters. The largest absolute Gasteiger partial charge is 0.481 e. The average molecular weight is 211 g/mol. The predicted molar refractivity (Wildman–Crippen MR) is 42.9 cm³/mol. The first-order valence-electron chi connectivity index (χ1n) is 4.38. The molecule has 1 N–H and O–H groups in total. The molecule has 0 aromatic carbocycles. The molecule has 0 aliphatic carbocycles. The van der Waals surface area contributed by atoms with Crippen molar-refractivity contribution in [2.75, 3.05) is 19.6 Å². The Morgan fingerprint density at radius 1 is 1.43 bits per heavy atom. The number of carboxylic acids is 1. The number of likely N-dealkylation sites (tertiary alicyclic amines) is 1. The van der Waals surface area contributed by atoms with Crippen LogP contribution in [-0.2, 0) is 4.79 Å². The first-order valence-corrected chi connectivity index (χ1v) is 4.38. The molecule has 1 rings (SSSR count). The Bertz CT molecular complexity index is 211. The lowest BCUT2D eigenvalue weighted by Crippen LogP contribution is -2.50. The molecule has 0 unspecified atom stereocenters. The molecule has 6 heteroatoms. The molecule has 0 bridgehead atoms. The normalized spacial score (nSPS) is 19.4. The van der Waals surface area contributed by atoms with E-state index >= 15 is 0 Å². The summed E-state index contributed by atoms with van der Waals surface area (Å²) < 4.78 is 35.5. The van der Waals surface area contributed by atoms with Crippen molar-refractivity contribution in [3.05, 3.63) is 0 Å². The van der Waals surface area contributed by atoms with E-state index < -0.39 is 18.7 Å². The molecule has 1 aliphatic heterocycles. The van der Waals surface area contributed by atoms with Gasteiger partial charge in [0.2, 0.25) is 0 Å². The van der Waals surface area contributed by atoms with Gasteiger partial charge in [0, 0.05) is 19.5 Å². The maximum atomic E-state index is 11.8. The number of alkyl halides is 3. The highest BCUT2D eigenvalue weighted by Crippen LogP contribution is 2.25. The maximum Gasteiger partial charge on any atom is 0.401 e. The van der Waals surface area contributed by atoms with Crippen LogP contribution >= 0.6 is 0 Å². The summed E-state index contributed by atoms with van der Waals surface area (Å²) in [6.07, 6.45) is -3.62. The Kier molecular flexibility index (Phi) is 3.36. The molecule has 0 aromatic rings. The van der Waals surface area contributed by atoms with E-state index in [1.54, 1.807) is 0 Å². The highest BCUT2D eigenvalue weighted by atomic mass is 19.4. The molecule has 0 radical (unpaired) electrons. The zero-order valence-electron chi connectivity index (χ0n) is 7.55. The number of hydrogen-bond acceptors (Lipinski definition) is 2. The Hall–Kier alpha value is -0.780. The molecule has 0 aromatic heterocycles. The van der Waals surface area contributed by atoms with Gasteiger partial charge in [0.15, 0.2) is 0 Å². The fourth-order valence-corrected chi connectivity index (χ4v) is 1.57. The molecule has 82 valence electrons.